The van der Waals surface area contributed by atoms with Gasteiger partial charge in [-0.25, -0.2) is 17.5 Å². The first kappa shape index (κ1) is 13.5. The molecule has 1 saturated carbocycles. The first-order chi connectivity index (χ1) is 8.49. The van der Waals surface area contributed by atoms with Crippen molar-refractivity contribution in [1.82, 2.24) is 9.62 Å². The van der Waals surface area contributed by atoms with Crippen molar-refractivity contribution in [2.75, 3.05) is 20.1 Å². The average molecular weight is 272 g/mol. The van der Waals surface area contributed by atoms with Crippen LogP contribution in [0.3, 0.4) is 0 Å². The summed E-state index contributed by atoms with van der Waals surface area (Å²) in [6.45, 7) is 1.05. The lowest BCUT2D eigenvalue weighted by Gasteiger charge is -2.15. The highest BCUT2D eigenvalue weighted by Gasteiger charge is 2.25. The van der Waals surface area contributed by atoms with Gasteiger partial charge in [-0.3, -0.25) is 0 Å². The Bertz CT molecular complexity index is 497. The van der Waals surface area contributed by atoms with E-state index in [1.165, 1.54) is 25.0 Å². The van der Waals surface area contributed by atoms with E-state index in [0.29, 0.717) is 19.1 Å². The van der Waals surface area contributed by atoms with Gasteiger partial charge in [0.25, 0.3) is 0 Å². The van der Waals surface area contributed by atoms with Gasteiger partial charge >= 0.3 is 0 Å². The SMILES string of the molecule is CN(CCNS(=O)(=O)c1ccc(F)cc1)C1CC1. The fourth-order valence-electron chi connectivity index (χ4n) is 1.75. The van der Waals surface area contributed by atoms with Crippen molar-refractivity contribution >= 4 is 10.0 Å². The molecule has 1 aliphatic rings. The summed E-state index contributed by atoms with van der Waals surface area (Å²) >= 11 is 0. The van der Waals surface area contributed by atoms with Gasteiger partial charge in [0.2, 0.25) is 10.0 Å². The van der Waals surface area contributed by atoms with Gasteiger partial charge in [-0.1, -0.05) is 0 Å². The Kier molecular flexibility index (Phi) is 3.99. The van der Waals surface area contributed by atoms with Crippen molar-refractivity contribution in [2.24, 2.45) is 0 Å². The smallest absolute Gasteiger partial charge is 0.240 e. The zero-order valence-corrected chi connectivity index (χ0v) is 11.1. The van der Waals surface area contributed by atoms with E-state index in [2.05, 4.69) is 9.62 Å². The molecule has 6 heteroatoms. The fraction of sp³-hybridized carbons (Fsp3) is 0.500. The van der Waals surface area contributed by atoms with Crippen molar-refractivity contribution in [2.45, 2.75) is 23.8 Å². The van der Waals surface area contributed by atoms with Crippen LogP contribution in [0.2, 0.25) is 0 Å². The predicted molar refractivity (Wildman–Crippen MR) is 67.2 cm³/mol. The molecule has 0 aliphatic heterocycles. The van der Waals surface area contributed by atoms with E-state index in [0.717, 1.165) is 12.1 Å². The molecule has 1 aliphatic carbocycles. The zero-order valence-electron chi connectivity index (χ0n) is 10.3. The first-order valence-corrected chi connectivity index (χ1v) is 7.43. The monoisotopic (exact) mass is 272 g/mol. The summed E-state index contributed by atoms with van der Waals surface area (Å²) in [4.78, 5) is 2.24. The summed E-state index contributed by atoms with van der Waals surface area (Å²) in [6.07, 6.45) is 2.39. The van der Waals surface area contributed by atoms with Gasteiger partial charge in [0.15, 0.2) is 0 Å². The molecule has 0 heterocycles. The standard InChI is InChI=1S/C12H17FN2O2S/c1-15(11-4-5-11)9-8-14-18(16,17)12-6-2-10(13)3-7-12/h2-3,6-7,11,14H,4-5,8-9H2,1H3. The first-order valence-electron chi connectivity index (χ1n) is 5.94. The average Bonchev–Trinajstić information content (AvgIpc) is 3.13. The number of likely N-dealkylation sites (N-methyl/N-ethyl adjacent to an activating group) is 1. The number of nitrogens with zero attached hydrogens (tertiary/aromatic N) is 1. The summed E-state index contributed by atoms with van der Waals surface area (Å²) < 4.78 is 38.9. The molecule has 0 atom stereocenters. The minimum atomic E-state index is -3.52. The molecule has 1 aromatic rings. The van der Waals surface area contributed by atoms with Gasteiger partial charge in [-0.05, 0) is 44.2 Å². The Morgan fingerprint density at radius 1 is 1.33 bits per heavy atom. The van der Waals surface area contributed by atoms with Crippen LogP contribution in [-0.4, -0.2) is 39.5 Å². The second-order valence-electron chi connectivity index (χ2n) is 4.56. The maximum Gasteiger partial charge on any atom is 0.240 e. The van der Waals surface area contributed by atoms with Crippen LogP contribution >= 0.6 is 0 Å². The molecule has 0 spiro atoms. The topological polar surface area (TPSA) is 49.4 Å². The second kappa shape index (κ2) is 5.34. The molecule has 2 rings (SSSR count). The number of nitrogens with one attached hydrogen (secondary N) is 1. The van der Waals surface area contributed by atoms with E-state index in [4.69, 9.17) is 0 Å². The van der Waals surface area contributed by atoms with E-state index >= 15 is 0 Å². The molecule has 18 heavy (non-hydrogen) atoms. The van der Waals surface area contributed by atoms with Crippen LogP contribution in [-0.2, 0) is 10.0 Å². The van der Waals surface area contributed by atoms with Crippen LogP contribution in [0.5, 0.6) is 0 Å². The number of sulfonamides is 1. The molecule has 0 saturated heterocycles. The van der Waals surface area contributed by atoms with Gasteiger partial charge in [-0.2, -0.15) is 0 Å². The second-order valence-corrected chi connectivity index (χ2v) is 6.33. The molecule has 0 radical (unpaired) electrons. The van der Waals surface area contributed by atoms with Gasteiger partial charge in [-0.15, -0.1) is 0 Å². The fourth-order valence-corrected chi connectivity index (χ4v) is 2.77. The minimum absolute atomic E-state index is 0.0953. The zero-order chi connectivity index (χ0) is 13.2. The van der Waals surface area contributed by atoms with E-state index in [9.17, 15) is 12.8 Å². The van der Waals surface area contributed by atoms with E-state index in [1.807, 2.05) is 7.05 Å². The summed E-state index contributed by atoms with van der Waals surface area (Å²) in [7, 11) is -1.53. The lowest BCUT2D eigenvalue weighted by atomic mass is 10.4. The Hall–Kier alpha value is -0.980. The Morgan fingerprint density at radius 2 is 1.94 bits per heavy atom. The van der Waals surface area contributed by atoms with E-state index < -0.39 is 15.8 Å². The van der Waals surface area contributed by atoms with Crippen molar-refractivity contribution in [3.63, 3.8) is 0 Å². The molecule has 0 amide bonds. The van der Waals surface area contributed by atoms with Crippen LogP contribution in [0, 0.1) is 5.82 Å². The lowest BCUT2D eigenvalue weighted by molar-refractivity contribution is 0.329. The number of halogens is 1. The van der Waals surface area contributed by atoms with E-state index in [-0.39, 0.29) is 4.90 Å². The normalized spacial score (nSPS) is 16.2. The van der Waals surface area contributed by atoms with Crippen molar-refractivity contribution in [3.8, 4) is 0 Å². The molecular weight excluding hydrogens is 255 g/mol. The quantitative estimate of drug-likeness (QED) is 0.846. The lowest BCUT2D eigenvalue weighted by Crippen LogP contribution is -2.33. The third-order valence-electron chi connectivity index (χ3n) is 3.05. The van der Waals surface area contributed by atoms with Crippen LogP contribution < -0.4 is 4.72 Å². The molecule has 0 aromatic heterocycles. The summed E-state index contributed by atoms with van der Waals surface area (Å²) in [5.74, 6) is -0.442. The molecule has 0 unspecified atom stereocenters. The van der Waals surface area contributed by atoms with Crippen LogP contribution in [0.4, 0.5) is 4.39 Å². The van der Waals surface area contributed by atoms with Crippen molar-refractivity contribution in [3.05, 3.63) is 30.1 Å². The molecule has 1 N–H and O–H groups in total. The van der Waals surface area contributed by atoms with Crippen LogP contribution in [0.25, 0.3) is 0 Å². The molecule has 100 valence electrons. The summed E-state index contributed by atoms with van der Waals surface area (Å²) in [5.41, 5.74) is 0. The van der Waals surface area contributed by atoms with Gasteiger partial charge in [0, 0.05) is 19.1 Å². The van der Waals surface area contributed by atoms with Gasteiger partial charge in [0.05, 0.1) is 4.90 Å². The van der Waals surface area contributed by atoms with E-state index in [1.54, 1.807) is 0 Å². The Labute approximate surface area is 107 Å². The van der Waals surface area contributed by atoms with Crippen LogP contribution in [0.15, 0.2) is 29.2 Å². The Balaban J connectivity index is 1.88. The van der Waals surface area contributed by atoms with Crippen LogP contribution in [0.1, 0.15) is 12.8 Å². The third kappa shape index (κ3) is 3.51. The molecule has 0 bridgehead atoms. The minimum Gasteiger partial charge on any atom is -0.302 e. The number of benzene rings is 1. The highest BCUT2D eigenvalue weighted by atomic mass is 32.2. The summed E-state index contributed by atoms with van der Waals surface area (Å²) in [6, 6.07) is 5.43. The maximum absolute atomic E-state index is 12.7. The van der Waals surface area contributed by atoms with Crippen molar-refractivity contribution in [1.29, 1.82) is 0 Å². The van der Waals surface area contributed by atoms with Crippen molar-refractivity contribution < 1.29 is 12.8 Å². The highest BCUT2D eigenvalue weighted by Crippen LogP contribution is 2.24. The van der Waals surface area contributed by atoms with Gasteiger partial charge < -0.3 is 4.90 Å². The summed E-state index contributed by atoms with van der Waals surface area (Å²) in [5, 5.41) is 0. The predicted octanol–water partition coefficient (Wildman–Crippen LogP) is 1.20. The third-order valence-corrected chi connectivity index (χ3v) is 4.53. The maximum atomic E-state index is 12.7. The molecule has 1 fully saturated rings. The molecule has 1 aromatic carbocycles. The molecule has 4 nitrogen and oxygen atoms in total. The molecular formula is C12H17FN2O2S. The Morgan fingerprint density at radius 3 is 2.50 bits per heavy atom. The largest absolute Gasteiger partial charge is 0.302 e. The number of hydrogen-bond donors (Lipinski definition) is 1. The van der Waals surface area contributed by atoms with Gasteiger partial charge in [0.1, 0.15) is 5.82 Å². The number of hydrogen-bond acceptors (Lipinski definition) is 3. The number of rotatable bonds is 6. The highest BCUT2D eigenvalue weighted by molar-refractivity contribution is 7.89.